The highest BCUT2D eigenvalue weighted by molar-refractivity contribution is 5.43. The lowest BCUT2D eigenvalue weighted by molar-refractivity contribution is 0.628. The number of nitrogens with one attached hydrogen (secondary N) is 1. The van der Waals surface area contributed by atoms with Crippen LogP contribution in [-0.4, -0.2) is 9.78 Å². The van der Waals surface area contributed by atoms with Crippen LogP contribution < -0.4 is 5.32 Å². The Kier molecular flexibility index (Phi) is 2.90. The van der Waals surface area contributed by atoms with Crippen molar-refractivity contribution in [3.05, 3.63) is 47.5 Å². The van der Waals surface area contributed by atoms with Crippen LogP contribution in [0.4, 0.5) is 10.1 Å². The Morgan fingerprint density at radius 3 is 2.88 bits per heavy atom. The Bertz CT molecular complexity index is 491. The van der Waals surface area contributed by atoms with Gasteiger partial charge in [0.1, 0.15) is 5.82 Å². The highest BCUT2D eigenvalue weighted by atomic mass is 19.1. The van der Waals surface area contributed by atoms with Crippen molar-refractivity contribution in [1.82, 2.24) is 9.78 Å². The number of hydrogen-bond donors (Lipinski definition) is 1. The van der Waals surface area contributed by atoms with Gasteiger partial charge in [-0.05, 0) is 25.1 Å². The van der Waals surface area contributed by atoms with Crippen LogP contribution in [0.15, 0.2) is 30.5 Å². The summed E-state index contributed by atoms with van der Waals surface area (Å²) in [6, 6.07) is 6.44. The van der Waals surface area contributed by atoms with Crippen LogP contribution in [0.25, 0.3) is 0 Å². The normalized spacial score (nSPS) is 10.4. The van der Waals surface area contributed by atoms with Crippen LogP contribution in [0, 0.1) is 12.7 Å². The van der Waals surface area contributed by atoms with E-state index in [0.29, 0.717) is 6.54 Å². The highest BCUT2D eigenvalue weighted by Gasteiger charge is 2.03. The SMILES string of the molecule is Cc1c(CNc2cccc(F)c2)cnn1C. The Hall–Kier alpha value is -1.84. The molecule has 4 heteroatoms. The molecule has 0 atom stereocenters. The van der Waals surface area contributed by atoms with E-state index in [4.69, 9.17) is 0 Å². The molecule has 0 amide bonds. The van der Waals surface area contributed by atoms with Gasteiger partial charge >= 0.3 is 0 Å². The third-order valence-electron chi connectivity index (χ3n) is 2.64. The van der Waals surface area contributed by atoms with Crippen LogP contribution >= 0.6 is 0 Å². The van der Waals surface area contributed by atoms with Gasteiger partial charge in [0, 0.05) is 30.5 Å². The van der Waals surface area contributed by atoms with E-state index in [1.54, 1.807) is 6.07 Å². The zero-order chi connectivity index (χ0) is 11.5. The van der Waals surface area contributed by atoms with Crippen molar-refractivity contribution in [2.75, 3.05) is 5.32 Å². The molecular formula is C12H14FN3. The largest absolute Gasteiger partial charge is 0.381 e. The number of aromatic nitrogens is 2. The molecule has 2 rings (SSSR count). The second kappa shape index (κ2) is 4.35. The van der Waals surface area contributed by atoms with Crippen LogP contribution in [0.3, 0.4) is 0 Å². The van der Waals surface area contributed by atoms with Crippen molar-refractivity contribution in [2.45, 2.75) is 13.5 Å². The molecule has 0 saturated carbocycles. The topological polar surface area (TPSA) is 29.9 Å². The zero-order valence-electron chi connectivity index (χ0n) is 9.37. The van der Waals surface area contributed by atoms with Crippen LogP contribution in [0.2, 0.25) is 0 Å². The molecule has 0 saturated heterocycles. The molecule has 0 unspecified atom stereocenters. The van der Waals surface area contributed by atoms with Gasteiger partial charge in [0.15, 0.2) is 0 Å². The maximum atomic E-state index is 12.9. The molecule has 1 aromatic heterocycles. The van der Waals surface area contributed by atoms with Crippen molar-refractivity contribution in [3.63, 3.8) is 0 Å². The molecule has 3 nitrogen and oxygen atoms in total. The van der Waals surface area contributed by atoms with E-state index in [9.17, 15) is 4.39 Å². The fraction of sp³-hybridized carbons (Fsp3) is 0.250. The van der Waals surface area contributed by atoms with Crippen LogP contribution in [-0.2, 0) is 13.6 Å². The van der Waals surface area contributed by atoms with Crippen molar-refractivity contribution in [3.8, 4) is 0 Å². The Morgan fingerprint density at radius 2 is 2.25 bits per heavy atom. The lowest BCUT2D eigenvalue weighted by atomic mass is 10.2. The number of hydrogen-bond acceptors (Lipinski definition) is 2. The Morgan fingerprint density at radius 1 is 1.44 bits per heavy atom. The lowest BCUT2D eigenvalue weighted by Crippen LogP contribution is -2.01. The fourth-order valence-corrected chi connectivity index (χ4v) is 1.51. The minimum absolute atomic E-state index is 0.229. The number of benzene rings is 1. The first kappa shape index (κ1) is 10.7. The summed E-state index contributed by atoms with van der Waals surface area (Å²) in [6.45, 7) is 2.67. The molecule has 0 bridgehead atoms. The Labute approximate surface area is 93.9 Å². The van der Waals surface area contributed by atoms with Gasteiger partial charge in [-0.3, -0.25) is 4.68 Å². The molecule has 84 valence electrons. The molecular weight excluding hydrogens is 205 g/mol. The first-order valence-electron chi connectivity index (χ1n) is 5.14. The zero-order valence-corrected chi connectivity index (χ0v) is 9.37. The number of halogens is 1. The summed E-state index contributed by atoms with van der Waals surface area (Å²) in [5, 5.41) is 7.31. The molecule has 0 aliphatic heterocycles. The van der Waals surface area contributed by atoms with Crippen molar-refractivity contribution in [2.24, 2.45) is 7.05 Å². The summed E-state index contributed by atoms with van der Waals surface area (Å²) in [5.41, 5.74) is 3.01. The molecule has 0 aliphatic carbocycles. The summed E-state index contributed by atoms with van der Waals surface area (Å²) in [5.74, 6) is -0.229. The summed E-state index contributed by atoms with van der Waals surface area (Å²) in [4.78, 5) is 0. The van der Waals surface area contributed by atoms with E-state index in [0.717, 1.165) is 16.9 Å². The maximum Gasteiger partial charge on any atom is 0.125 e. The molecule has 0 fully saturated rings. The van der Waals surface area contributed by atoms with Gasteiger partial charge in [-0.25, -0.2) is 4.39 Å². The predicted octanol–water partition coefficient (Wildman–Crippen LogP) is 2.48. The molecule has 0 spiro atoms. The maximum absolute atomic E-state index is 12.9. The van der Waals surface area contributed by atoms with Crippen molar-refractivity contribution >= 4 is 5.69 Å². The van der Waals surface area contributed by atoms with Gasteiger partial charge < -0.3 is 5.32 Å². The molecule has 0 radical (unpaired) electrons. The third kappa shape index (κ3) is 2.21. The minimum Gasteiger partial charge on any atom is -0.381 e. The molecule has 16 heavy (non-hydrogen) atoms. The molecule has 1 N–H and O–H groups in total. The van der Waals surface area contributed by atoms with Gasteiger partial charge in [-0.2, -0.15) is 5.10 Å². The van der Waals surface area contributed by atoms with Gasteiger partial charge in [-0.15, -0.1) is 0 Å². The highest BCUT2D eigenvalue weighted by Crippen LogP contribution is 2.12. The number of nitrogens with zero attached hydrogens (tertiary/aromatic N) is 2. The molecule has 2 aromatic rings. The van der Waals surface area contributed by atoms with Gasteiger partial charge in [0.25, 0.3) is 0 Å². The summed E-state index contributed by atoms with van der Waals surface area (Å²) >= 11 is 0. The van der Waals surface area contributed by atoms with Crippen molar-refractivity contribution in [1.29, 1.82) is 0 Å². The van der Waals surface area contributed by atoms with E-state index < -0.39 is 0 Å². The van der Waals surface area contributed by atoms with Crippen molar-refractivity contribution < 1.29 is 4.39 Å². The van der Waals surface area contributed by atoms with E-state index >= 15 is 0 Å². The average molecular weight is 219 g/mol. The number of anilines is 1. The first-order chi connectivity index (χ1) is 7.66. The van der Waals surface area contributed by atoms with Gasteiger partial charge in [0.2, 0.25) is 0 Å². The number of aryl methyl sites for hydroxylation is 1. The van der Waals surface area contributed by atoms with Crippen LogP contribution in [0.5, 0.6) is 0 Å². The smallest absolute Gasteiger partial charge is 0.125 e. The minimum atomic E-state index is -0.229. The fourth-order valence-electron chi connectivity index (χ4n) is 1.51. The first-order valence-corrected chi connectivity index (χ1v) is 5.14. The second-order valence-electron chi connectivity index (χ2n) is 3.74. The molecule has 1 aromatic carbocycles. The standard InChI is InChI=1S/C12H14FN3/c1-9-10(8-15-16(9)2)7-14-12-5-3-4-11(13)6-12/h3-6,8,14H,7H2,1-2H3. The Balaban J connectivity index is 2.05. The lowest BCUT2D eigenvalue weighted by Gasteiger charge is -2.05. The summed E-state index contributed by atoms with van der Waals surface area (Å²) < 4.78 is 14.7. The monoisotopic (exact) mass is 219 g/mol. The molecule has 0 aliphatic rings. The molecule has 1 heterocycles. The summed E-state index contributed by atoms with van der Waals surface area (Å²) in [7, 11) is 1.90. The number of rotatable bonds is 3. The average Bonchev–Trinajstić information content (AvgIpc) is 2.57. The van der Waals surface area contributed by atoms with Gasteiger partial charge in [-0.1, -0.05) is 6.07 Å². The van der Waals surface area contributed by atoms with E-state index in [1.807, 2.05) is 30.9 Å². The van der Waals surface area contributed by atoms with Gasteiger partial charge in [0.05, 0.1) is 6.20 Å². The second-order valence-corrected chi connectivity index (χ2v) is 3.74. The predicted molar refractivity (Wildman–Crippen MR) is 61.7 cm³/mol. The van der Waals surface area contributed by atoms with E-state index in [1.165, 1.54) is 12.1 Å². The van der Waals surface area contributed by atoms with Crippen LogP contribution in [0.1, 0.15) is 11.3 Å². The quantitative estimate of drug-likeness (QED) is 0.859. The van der Waals surface area contributed by atoms with E-state index in [-0.39, 0.29) is 5.82 Å². The van der Waals surface area contributed by atoms with E-state index in [2.05, 4.69) is 10.4 Å². The summed E-state index contributed by atoms with van der Waals surface area (Å²) in [6.07, 6.45) is 1.82. The third-order valence-corrected chi connectivity index (χ3v) is 2.64.